The van der Waals surface area contributed by atoms with Crippen molar-refractivity contribution in [3.63, 3.8) is 0 Å². The van der Waals surface area contributed by atoms with Gasteiger partial charge < -0.3 is 15.0 Å². The van der Waals surface area contributed by atoms with E-state index in [2.05, 4.69) is 146 Å². The van der Waals surface area contributed by atoms with Gasteiger partial charge in [0, 0.05) is 47.0 Å². The third-order valence-corrected chi connectivity index (χ3v) is 14.8. The van der Waals surface area contributed by atoms with Crippen LogP contribution < -0.4 is 0 Å². The van der Waals surface area contributed by atoms with E-state index in [-0.39, 0.29) is 31.2 Å². The van der Waals surface area contributed by atoms with Crippen LogP contribution in [0.2, 0.25) is 0 Å². The second-order valence-corrected chi connectivity index (χ2v) is 19.5. The van der Waals surface area contributed by atoms with E-state index < -0.39 is 13.7 Å². The first-order valence-electron chi connectivity index (χ1n) is 27.5. The Bertz CT molecular complexity index is 4020. The van der Waals surface area contributed by atoms with Gasteiger partial charge in [-0.1, -0.05) is 126 Å². The number of aromatic nitrogens is 3. The van der Waals surface area contributed by atoms with Gasteiger partial charge in [0.05, 0.1) is 0 Å². The summed E-state index contributed by atoms with van der Waals surface area (Å²) in [6.07, 6.45) is 7.26. The van der Waals surface area contributed by atoms with E-state index in [1.54, 1.807) is 48.0 Å². The Morgan fingerprint density at radius 2 is 0.959 bits per heavy atom. The summed E-state index contributed by atoms with van der Waals surface area (Å²) >= 11 is 1.76. The Labute approximate surface area is 460 Å². The molecule has 12 rings (SSSR count). The minimum absolute atomic E-state index is 0. The standard InChI is InChI=1S/C69H50N3S.Ir/c1-46-35-66(53-17-8-4-9-18-53)71-43-57(46)27-25-48-37-49(26-28-58-44-72-67(36-47(58)2)54-19-10-5-11-20-54)39-60(38-48)63-42-69-64(61-23-12-13-24-68(61)73-69)41-62(63)59-33-34-65(70-45-59)56-22-14-21-55(40-56)52-31-29-51(30-32-52)50-15-6-3-7-16-50;/h3-17,19,21,23-24,29-45H,25-28H2,1-2H3;/q-3;+3/i1D3,2D3;. The van der Waals surface area contributed by atoms with Crippen molar-refractivity contribution in [2.24, 2.45) is 0 Å². The zero-order valence-electron chi connectivity index (χ0n) is 46.2. The van der Waals surface area contributed by atoms with Crippen LogP contribution in [-0.4, -0.2) is 15.0 Å². The molecular formula is C69H50IrN3S. The van der Waals surface area contributed by atoms with Crippen molar-refractivity contribution in [3.8, 4) is 78.3 Å². The minimum Gasteiger partial charge on any atom is -0.304 e. The number of hydrogen-bond donors (Lipinski definition) is 0. The van der Waals surface area contributed by atoms with Crippen molar-refractivity contribution in [3.05, 3.63) is 270 Å². The number of thiophene rings is 1. The van der Waals surface area contributed by atoms with Gasteiger partial charge >= 0.3 is 20.1 Å². The molecule has 12 aromatic rings. The van der Waals surface area contributed by atoms with Crippen LogP contribution in [0, 0.1) is 31.9 Å². The summed E-state index contributed by atoms with van der Waals surface area (Å²) in [5.41, 5.74) is 16.6. The normalized spacial score (nSPS) is 12.8. The molecule has 356 valence electrons. The van der Waals surface area contributed by atoms with Crippen molar-refractivity contribution < 1.29 is 28.3 Å². The fraction of sp³-hybridized carbons (Fsp3) is 0.0870. The average Bonchev–Trinajstić information content (AvgIpc) is 3.89. The van der Waals surface area contributed by atoms with E-state index in [1.807, 2.05) is 54.7 Å². The summed E-state index contributed by atoms with van der Waals surface area (Å²) in [4.78, 5) is 14.6. The third-order valence-electron chi connectivity index (χ3n) is 13.7. The Hall–Kier alpha value is -7.92. The summed E-state index contributed by atoms with van der Waals surface area (Å²) in [7, 11) is 0. The Kier molecular flexibility index (Phi) is 12.2. The van der Waals surface area contributed by atoms with Crippen molar-refractivity contribution in [2.45, 2.75) is 39.4 Å². The molecule has 0 spiro atoms. The second kappa shape index (κ2) is 21.7. The van der Waals surface area contributed by atoms with Crippen LogP contribution in [0.1, 0.15) is 41.6 Å². The average molecular weight is 1150 g/mol. The van der Waals surface area contributed by atoms with Gasteiger partial charge in [0.2, 0.25) is 0 Å². The summed E-state index contributed by atoms with van der Waals surface area (Å²) in [5, 5.41) is 2.34. The van der Waals surface area contributed by atoms with Gasteiger partial charge in [0.1, 0.15) is 0 Å². The quantitative estimate of drug-likeness (QED) is 0.108. The first-order valence-corrected chi connectivity index (χ1v) is 25.4. The SMILES string of the molecule is [2H]C([2H])([2H])c1cc(-c2[c-]cccc2)ncc1CCc1cc(CCc2cnc(-c3[c-]cccc3)cc2C([2H])([2H])[2H])cc(-c2cc3sc4ccccc4c3cc2-c2ccc(-c3[c-]ccc(-c4ccc(-c5ccccc5)cc4)c3)nc2)c1.[Ir+3]. The number of rotatable bonds is 13. The van der Waals surface area contributed by atoms with E-state index in [0.717, 1.165) is 82.5 Å². The molecule has 74 heavy (non-hydrogen) atoms. The molecule has 0 fully saturated rings. The number of fused-ring (bicyclic) bond motifs is 3. The number of nitrogens with zero attached hydrogens (tertiary/aromatic N) is 3. The topological polar surface area (TPSA) is 38.7 Å². The third kappa shape index (κ3) is 10.3. The van der Waals surface area contributed by atoms with Gasteiger partial charge in [-0.25, -0.2) is 0 Å². The van der Waals surface area contributed by atoms with Gasteiger partial charge in [-0.2, -0.15) is 0 Å². The van der Waals surface area contributed by atoms with E-state index in [1.165, 1.54) is 15.6 Å². The Morgan fingerprint density at radius 1 is 0.392 bits per heavy atom. The molecule has 0 radical (unpaired) electrons. The molecule has 4 aromatic heterocycles. The largest absolute Gasteiger partial charge is 3.00 e. The summed E-state index contributed by atoms with van der Waals surface area (Å²) in [6, 6.07) is 77.1. The number of hydrogen-bond acceptors (Lipinski definition) is 4. The Balaban J connectivity index is 0.00000675. The molecule has 0 amide bonds. The molecule has 5 heteroatoms. The molecule has 0 saturated carbocycles. The molecule has 3 nitrogen and oxygen atoms in total. The number of benzene rings is 8. The predicted octanol–water partition coefficient (Wildman–Crippen LogP) is 17.5. The van der Waals surface area contributed by atoms with Gasteiger partial charge in [0.15, 0.2) is 0 Å². The minimum atomic E-state index is -2.37. The van der Waals surface area contributed by atoms with E-state index >= 15 is 0 Å². The van der Waals surface area contributed by atoms with Crippen LogP contribution in [0.4, 0.5) is 0 Å². The second-order valence-electron chi connectivity index (χ2n) is 18.4. The molecule has 0 aliphatic heterocycles. The molecule has 8 aromatic carbocycles. The van der Waals surface area contributed by atoms with Crippen LogP contribution in [0.25, 0.3) is 98.5 Å². The zero-order chi connectivity index (χ0) is 54.1. The molecule has 0 atom stereocenters. The van der Waals surface area contributed by atoms with Crippen LogP contribution in [0.3, 0.4) is 0 Å². The fourth-order valence-electron chi connectivity index (χ4n) is 9.77. The Morgan fingerprint density at radius 3 is 1.58 bits per heavy atom. The predicted molar refractivity (Wildman–Crippen MR) is 304 cm³/mol. The van der Waals surface area contributed by atoms with Crippen LogP contribution in [0.5, 0.6) is 0 Å². The first-order chi connectivity index (χ1) is 38.4. The van der Waals surface area contributed by atoms with E-state index in [4.69, 9.17) is 23.2 Å². The molecule has 0 N–H and O–H groups in total. The first kappa shape index (κ1) is 41.5. The summed E-state index contributed by atoms with van der Waals surface area (Å²) in [5.74, 6) is 0. The molecular weight excluding hydrogens is 1100 g/mol. The summed E-state index contributed by atoms with van der Waals surface area (Å²) in [6.45, 7) is -4.74. The molecule has 0 bridgehead atoms. The molecule has 4 heterocycles. The monoisotopic (exact) mass is 1150 g/mol. The van der Waals surface area contributed by atoms with E-state index in [9.17, 15) is 0 Å². The van der Waals surface area contributed by atoms with Gasteiger partial charge in [-0.15, -0.1) is 119 Å². The molecule has 0 saturated heterocycles. The smallest absolute Gasteiger partial charge is 0.304 e. The van der Waals surface area contributed by atoms with Crippen LogP contribution >= 0.6 is 11.3 Å². The zero-order valence-corrected chi connectivity index (χ0v) is 43.4. The van der Waals surface area contributed by atoms with Crippen LogP contribution in [-0.2, 0) is 45.8 Å². The molecule has 0 aliphatic carbocycles. The van der Waals surface area contributed by atoms with Crippen molar-refractivity contribution >= 4 is 31.5 Å². The van der Waals surface area contributed by atoms with Crippen LogP contribution in [0.15, 0.2) is 219 Å². The molecule has 0 unspecified atom stereocenters. The number of aryl methyl sites for hydroxylation is 6. The van der Waals surface area contributed by atoms with Gasteiger partial charge in [-0.3, -0.25) is 0 Å². The molecule has 0 aliphatic rings. The van der Waals surface area contributed by atoms with Gasteiger partial charge in [0.25, 0.3) is 0 Å². The maximum atomic E-state index is 8.59. The maximum Gasteiger partial charge on any atom is 3.00 e. The maximum absolute atomic E-state index is 8.59. The summed E-state index contributed by atoms with van der Waals surface area (Å²) < 4.78 is 53.9. The van der Waals surface area contributed by atoms with Gasteiger partial charge in [-0.05, 0) is 136 Å². The fourth-order valence-corrected chi connectivity index (χ4v) is 10.9. The number of pyridine rings is 3. The van der Waals surface area contributed by atoms with Crippen molar-refractivity contribution in [1.82, 2.24) is 15.0 Å². The van der Waals surface area contributed by atoms with Crippen molar-refractivity contribution in [2.75, 3.05) is 0 Å². The van der Waals surface area contributed by atoms with Crippen molar-refractivity contribution in [1.29, 1.82) is 0 Å². The van der Waals surface area contributed by atoms with E-state index in [0.29, 0.717) is 48.2 Å².